The first-order valence-electron chi connectivity index (χ1n) is 8.10. The highest BCUT2D eigenvalue weighted by Crippen LogP contribution is 2.39. The van der Waals surface area contributed by atoms with Gasteiger partial charge in [0.25, 0.3) is 0 Å². The molecule has 22 heavy (non-hydrogen) atoms. The molecule has 1 saturated heterocycles. The van der Waals surface area contributed by atoms with Gasteiger partial charge in [-0.3, -0.25) is 4.90 Å². The van der Waals surface area contributed by atoms with Crippen molar-refractivity contribution in [1.29, 1.82) is 0 Å². The Morgan fingerprint density at radius 2 is 1.95 bits per heavy atom. The van der Waals surface area contributed by atoms with Crippen LogP contribution in [-0.2, 0) is 13.0 Å². The molecule has 7 nitrogen and oxygen atoms in total. The molecule has 1 aliphatic carbocycles. The van der Waals surface area contributed by atoms with Crippen LogP contribution in [0.2, 0.25) is 0 Å². The lowest BCUT2D eigenvalue weighted by Gasteiger charge is -2.30. The maximum Gasteiger partial charge on any atom is 0.230 e. The fourth-order valence-electron chi connectivity index (χ4n) is 3.05. The average Bonchev–Trinajstić information content (AvgIpc) is 3.14. The highest BCUT2D eigenvalue weighted by molar-refractivity contribution is 5.00. The lowest BCUT2D eigenvalue weighted by Crippen LogP contribution is -2.34. The Morgan fingerprint density at radius 1 is 1.14 bits per heavy atom. The summed E-state index contributed by atoms with van der Waals surface area (Å²) >= 11 is 0. The van der Waals surface area contributed by atoms with Crippen molar-refractivity contribution < 1.29 is 8.94 Å². The quantitative estimate of drug-likeness (QED) is 0.836. The van der Waals surface area contributed by atoms with Crippen LogP contribution in [-0.4, -0.2) is 38.3 Å². The van der Waals surface area contributed by atoms with Crippen LogP contribution in [0.1, 0.15) is 55.1 Å². The predicted octanol–water partition coefficient (Wildman–Crippen LogP) is 2.09. The third-order valence-electron chi connectivity index (χ3n) is 4.52. The summed E-state index contributed by atoms with van der Waals surface area (Å²) in [4.78, 5) is 6.68. The van der Waals surface area contributed by atoms with Crippen molar-refractivity contribution in [3.63, 3.8) is 0 Å². The highest BCUT2D eigenvalue weighted by atomic mass is 16.5. The van der Waals surface area contributed by atoms with Gasteiger partial charge in [0.15, 0.2) is 5.82 Å². The van der Waals surface area contributed by atoms with E-state index in [2.05, 4.69) is 25.2 Å². The Bertz CT molecular complexity index is 625. The summed E-state index contributed by atoms with van der Waals surface area (Å²) in [7, 11) is 0. The minimum absolute atomic E-state index is 0.533. The Kier molecular flexibility index (Phi) is 3.65. The maximum atomic E-state index is 5.74. The van der Waals surface area contributed by atoms with Crippen molar-refractivity contribution in [2.75, 3.05) is 13.1 Å². The van der Waals surface area contributed by atoms with Crippen LogP contribution < -0.4 is 0 Å². The Hall–Kier alpha value is -1.76. The average molecular weight is 303 g/mol. The molecule has 2 aromatic heterocycles. The minimum atomic E-state index is 0.533. The van der Waals surface area contributed by atoms with Crippen molar-refractivity contribution in [3.8, 4) is 0 Å². The SMILES string of the molecule is Cc1nc(CC2CCN(Cc3nnc(C4CC4)o3)CC2)no1. The fourth-order valence-corrected chi connectivity index (χ4v) is 3.05. The molecule has 4 rings (SSSR count). The van der Waals surface area contributed by atoms with E-state index in [-0.39, 0.29) is 0 Å². The Balaban J connectivity index is 1.26. The summed E-state index contributed by atoms with van der Waals surface area (Å²) in [5.41, 5.74) is 0. The highest BCUT2D eigenvalue weighted by Gasteiger charge is 2.30. The summed E-state index contributed by atoms with van der Waals surface area (Å²) in [6.07, 6.45) is 5.61. The van der Waals surface area contributed by atoms with Gasteiger partial charge in [-0.1, -0.05) is 5.16 Å². The molecule has 0 spiro atoms. The molecule has 1 aliphatic heterocycles. The molecule has 0 N–H and O–H groups in total. The van der Waals surface area contributed by atoms with Gasteiger partial charge >= 0.3 is 0 Å². The number of aromatic nitrogens is 4. The van der Waals surface area contributed by atoms with Gasteiger partial charge in [0.2, 0.25) is 17.7 Å². The molecule has 0 amide bonds. The lowest BCUT2D eigenvalue weighted by atomic mass is 9.93. The maximum absolute atomic E-state index is 5.74. The molecule has 0 aromatic carbocycles. The largest absolute Gasteiger partial charge is 0.424 e. The predicted molar refractivity (Wildman–Crippen MR) is 77.0 cm³/mol. The molecule has 2 aliphatic rings. The van der Waals surface area contributed by atoms with Crippen LogP contribution >= 0.6 is 0 Å². The van der Waals surface area contributed by atoms with E-state index in [0.29, 0.717) is 17.7 Å². The third-order valence-corrected chi connectivity index (χ3v) is 4.52. The van der Waals surface area contributed by atoms with Gasteiger partial charge in [0, 0.05) is 19.3 Å². The van der Waals surface area contributed by atoms with Crippen LogP contribution in [0.15, 0.2) is 8.94 Å². The van der Waals surface area contributed by atoms with Crippen LogP contribution in [0.4, 0.5) is 0 Å². The Labute approximate surface area is 129 Å². The fraction of sp³-hybridized carbons (Fsp3) is 0.733. The van der Waals surface area contributed by atoms with Crippen molar-refractivity contribution in [3.05, 3.63) is 23.5 Å². The first kappa shape index (κ1) is 13.9. The molecule has 0 radical (unpaired) electrons. The van der Waals surface area contributed by atoms with Gasteiger partial charge in [-0.05, 0) is 44.7 Å². The molecule has 118 valence electrons. The second kappa shape index (κ2) is 5.79. The molecule has 3 heterocycles. The van der Waals surface area contributed by atoms with Crippen molar-refractivity contribution in [2.24, 2.45) is 5.92 Å². The van der Waals surface area contributed by atoms with E-state index in [9.17, 15) is 0 Å². The summed E-state index contributed by atoms with van der Waals surface area (Å²) in [5.74, 6) is 4.24. The van der Waals surface area contributed by atoms with E-state index in [1.54, 1.807) is 0 Å². The standard InChI is InChI=1S/C15H21N5O2/c1-10-16-13(19-22-10)8-11-4-6-20(7-5-11)9-14-17-18-15(21-14)12-2-3-12/h11-12H,2-9H2,1H3. The number of rotatable bonds is 5. The summed E-state index contributed by atoms with van der Waals surface area (Å²) < 4.78 is 10.8. The molecular formula is C15H21N5O2. The van der Waals surface area contributed by atoms with E-state index < -0.39 is 0 Å². The molecule has 2 fully saturated rings. The number of hydrogen-bond donors (Lipinski definition) is 0. The van der Waals surface area contributed by atoms with Crippen LogP contribution in [0.3, 0.4) is 0 Å². The van der Waals surface area contributed by atoms with E-state index in [0.717, 1.165) is 56.5 Å². The molecular weight excluding hydrogens is 282 g/mol. The van der Waals surface area contributed by atoms with Crippen molar-refractivity contribution in [1.82, 2.24) is 25.2 Å². The van der Waals surface area contributed by atoms with Crippen molar-refractivity contribution in [2.45, 2.75) is 51.5 Å². The van der Waals surface area contributed by atoms with Crippen LogP contribution in [0.25, 0.3) is 0 Å². The third kappa shape index (κ3) is 3.19. The van der Waals surface area contributed by atoms with E-state index in [1.807, 2.05) is 6.92 Å². The van der Waals surface area contributed by atoms with Crippen LogP contribution in [0.5, 0.6) is 0 Å². The number of likely N-dealkylation sites (tertiary alicyclic amines) is 1. The monoisotopic (exact) mass is 303 g/mol. The van der Waals surface area contributed by atoms with Gasteiger partial charge in [-0.2, -0.15) is 4.98 Å². The number of hydrogen-bond acceptors (Lipinski definition) is 7. The molecule has 2 aromatic rings. The molecule has 0 atom stereocenters. The lowest BCUT2D eigenvalue weighted by molar-refractivity contribution is 0.161. The number of aryl methyl sites for hydroxylation is 1. The van der Waals surface area contributed by atoms with Gasteiger partial charge in [-0.15, -0.1) is 10.2 Å². The summed E-state index contributed by atoms with van der Waals surface area (Å²) in [6, 6.07) is 0. The smallest absolute Gasteiger partial charge is 0.230 e. The first-order valence-corrected chi connectivity index (χ1v) is 8.10. The Morgan fingerprint density at radius 3 is 2.64 bits per heavy atom. The zero-order valence-corrected chi connectivity index (χ0v) is 12.9. The first-order chi connectivity index (χ1) is 10.8. The van der Waals surface area contributed by atoms with Gasteiger partial charge < -0.3 is 8.94 Å². The number of piperidine rings is 1. The van der Waals surface area contributed by atoms with Gasteiger partial charge in [0.05, 0.1) is 6.54 Å². The summed E-state index contributed by atoms with van der Waals surface area (Å²) in [5, 5.41) is 12.3. The summed E-state index contributed by atoms with van der Waals surface area (Å²) in [6.45, 7) is 4.72. The topological polar surface area (TPSA) is 81.1 Å². The normalized spacial score (nSPS) is 20.6. The molecule has 0 unspecified atom stereocenters. The molecule has 7 heteroatoms. The second-order valence-electron chi connectivity index (χ2n) is 6.46. The van der Waals surface area contributed by atoms with Crippen LogP contribution in [0, 0.1) is 12.8 Å². The minimum Gasteiger partial charge on any atom is -0.424 e. The molecule has 0 bridgehead atoms. The molecule has 1 saturated carbocycles. The van der Waals surface area contributed by atoms with E-state index >= 15 is 0 Å². The zero-order chi connectivity index (χ0) is 14.9. The van der Waals surface area contributed by atoms with E-state index in [1.165, 1.54) is 12.8 Å². The van der Waals surface area contributed by atoms with Gasteiger partial charge in [-0.25, -0.2) is 0 Å². The van der Waals surface area contributed by atoms with E-state index in [4.69, 9.17) is 8.94 Å². The zero-order valence-electron chi connectivity index (χ0n) is 12.9. The second-order valence-corrected chi connectivity index (χ2v) is 6.46. The van der Waals surface area contributed by atoms with Crippen molar-refractivity contribution >= 4 is 0 Å². The van der Waals surface area contributed by atoms with Gasteiger partial charge in [0.1, 0.15) is 0 Å². The number of nitrogens with zero attached hydrogens (tertiary/aromatic N) is 5.